The molecule has 2 heterocycles. The van der Waals surface area contributed by atoms with Crippen molar-refractivity contribution in [2.45, 2.75) is 45.3 Å². The van der Waals surface area contributed by atoms with Crippen molar-refractivity contribution in [1.82, 2.24) is 20.3 Å². The molecule has 0 unspecified atom stereocenters. The number of furan rings is 1. The minimum Gasteiger partial charge on any atom is -0.467 e. The van der Waals surface area contributed by atoms with Gasteiger partial charge in [0.1, 0.15) is 23.6 Å². The normalized spacial score (nSPS) is 12.5. The smallest absolute Gasteiger partial charge is 0.251 e. The Labute approximate surface area is 206 Å². The highest BCUT2D eigenvalue weighted by atomic mass is 35.5. The lowest BCUT2D eigenvalue weighted by atomic mass is 10.0. The number of nitrogens with one attached hydrogen (secondary N) is 1. The van der Waals surface area contributed by atoms with Crippen molar-refractivity contribution in [2.24, 2.45) is 0 Å². The van der Waals surface area contributed by atoms with Crippen LogP contribution in [0.4, 0.5) is 10.1 Å². The summed E-state index contributed by atoms with van der Waals surface area (Å²) >= 11 is 6.06. The minimum atomic E-state index is -1.18. The third-order valence-electron chi connectivity index (χ3n) is 5.82. The van der Waals surface area contributed by atoms with Crippen LogP contribution in [-0.2, 0) is 16.1 Å². The molecule has 0 spiro atoms. The van der Waals surface area contributed by atoms with Crippen molar-refractivity contribution in [3.05, 3.63) is 77.5 Å². The van der Waals surface area contributed by atoms with Gasteiger partial charge in [0, 0.05) is 11.2 Å². The van der Waals surface area contributed by atoms with E-state index >= 15 is 0 Å². The molecule has 0 aliphatic heterocycles. The summed E-state index contributed by atoms with van der Waals surface area (Å²) in [6.07, 6.45) is 2.08. The molecule has 0 aliphatic carbocycles. The summed E-state index contributed by atoms with van der Waals surface area (Å²) in [5, 5.41) is 11.0. The van der Waals surface area contributed by atoms with Gasteiger partial charge in [-0.15, -0.1) is 5.10 Å². The van der Waals surface area contributed by atoms with Gasteiger partial charge in [-0.2, -0.15) is 0 Å². The lowest BCUT2D eigenvalue weighted by molar-refractivity contribution is -0.128. The number of para-hydroxylation sites is 1. The zero-order valence-electron chi connectivity index (χ0n) is 19.5. The molecular weight excluding hydrogens is 473 g/mol. The van der Waals surface area contributed by atoms with Crippen LogP contribution >= 0.6 is 11.6 Å². The van der Waals surface area contributed by atoms with E-state index in [9.17, 15) is 14.0 Å². The number of aromatic nitrogens is 3. The number of fused-ring (bicyclic) bond motifs is 1. The van der Waals surface area contributed by atoms with E-state index < -0.39 is 29.2 Å². The molecule has 0 saturated heterocycles. The number of hydrogen-bond donors (Lipinski definition) is 1. The zero-order valence-corrected chi connectivity index (χ0v) is 20.3. The van der Waals surface area contributed by atoms with Crippen molar-refractivity contribution in [1.29, 1.82) is 0 Å². The Kier molecular flexibility index (Phi) is 6.88. The summed E-state index contributed by atoms with van der Waals surface area (Å²) in [5.41, 5.74) is 0.974. The summed E-state index contributed by atoms with van der Waals surface area (Å²) in [6, 6.07) is 13.1. The van der Waals surface area contributed by atoms with Gasteiger partial charge in [-0.1, -0.05) is 35.9 Å². The van der Waals surface area contributed by atoms with Crippen LogP contribution in [0.5, 0.6) is 0 Å². The molecule has 0 aliphatic rings. The molecular formula is C25H25ClFN5O3. The number of hydrogen-bond acceptors (Lipinski definition) is 5. The third kappa shape index (κ3) is 5.19. The first-order valence-corrected chi connectivity index (χ1v) is 11.5. The zero-order chi connectivity index (χ0) is 25.2. The van der Waals surface area contributed by atoms with Crippen LogP contribution < -0.4 is 10.2 Å². The van der Waals surface area contributed by atoms with E-state index in [1.165, 1.54) is 28.0 Å². The van der Waals surface area contributed by atoms with Gasteiger partial charge in [0.15, 0.2) is 6.04 Å². The Morgan fingerprint density at radius 1 is 1.20 bits per heavy atom. The molecule has 10 heteroatoms. The fourth-order valence-electron chi connectivity index (χ4n) is 3.62. The van der Waals surface area contributed by atoms with Gasteiger partial charge in [-0.05, 0) is 62.7 Å². The molecule has 4 rings (SSSR count). The first-order valence-electron chi connectivity index (χ1n) is 11.1. The lowest BCUT2D eigenvalue weighted by Crippen LogP contribution is -2.51. The highest BCUT2D eigenvalue weighted by molar-refractivity contribution is 6.31. The van der Waals surface area contributed by atoms with Crippen LogP contribution in [0.3, 0.4) is 0 Å². The molecule has 4 aromatic rings. The van der Waals surface area contributed by atoms with E-state index in [-0.39, 0.29) is 23.0 Å². The molecule has 0 saturated carbocycles. The first-order chi connectivity index (χ1) is 16.7. The molecule has 2 amide bonds. The summed E-state index contributed by atoms with van der Waals surface area (Å²) in [4.78, 5) is 28.7. The first kappa shape index (κ1) is 24.4. The number of carbonyl (C=O) groups excluding carboxylic acids is 2. The summed E-state index contributed by atoms with van der Waals surface area (Å²) in [5.74, 6) is -1.35. The maximum absolute atomic E-state index is 14.0. The van der Waals surface area contributed by atoms with Gasteiger partial charge in [0.25, 0.3) is 5.91 Å². The Bertz CT molecular complexity index is 1350. The molecule has 2 aromatic heterocycles. The Balaban J connectivity index is 1.80. The molecule has 2 aromatic carbocycles. The van der Waals surface area contributed by atoms with Crippen LogP contribution in [0.25, 0.3) is 11.0 Å². The molecule has 1 atom stereocenters. The number of benzene rings is 2. The van der Waals surface area contributed by atoms with Crippen molar-refractivity contribution in [3.8, 4) is 0 Å². The molecule has 0 bridgehead atoms. The largest absolute Gasteiger partial charge is 0.467 e. The van der Waals surface area contributed by atoms with Crippen LogP contribution in [0.1, 0.15) is 39.0 Å². The third-order valence-corrected chi connectivity index (χ3v) is 6.11. The molecule has 182 valence electrons. The van der Waals surface area contributed by atoms with Crippen molar-refractivity contribution < 1.29 is 18.4 Å². The number of carbonyl (C=O) groups is 2. The number of halogens is 2. The van der Waals surface area contributed by atoms with E-state index in [1.54, 1.807) is 24.3 Å². The van der Waals surface area contributed by atoms with Crippen LogP contribution in [0, 0.1) is 5.82 Å². The number of nitrogens with zero attached hydrogens (tertiary/aromatic N) is 4. The quantitative estimate of drug-likeness (QED) is 0.374. The van der Waals surface area contributed by atoms with Crippen molar-refractivity contribution >= 4 is 40.1 Å². The number of rotatable bonds is 8. The van der Waals surface area contributed by atoms with Gasteiger partial charge < -0.3 is 9.73 Å². The second-order valence-corrected chi connectivity index (χ2v) is 9.15. The summed E-state index contributed by atoms with van der Waals surface area (Å²) in [6.45, 7) is 5.48. The lowest BCUT2D eigenvalue weighted by Gasteiger charge is -2.33. The highest BCUT2D eigenvalue weighted by Crippen LogP contribution is 2.32. The van der Waals surface area contributed by atoms with E-state index in [0.717, 1.165) is 6.07 Å². The SMILES string of the molecule is CCC(C)(C)NC(=O)[C@H](c1ccco1)N(C(=O)Cn1nnc2ccccc21)c1ccc(F)c(Cl)c1. The van der Waals surface area contributed by atoms with Gasteiger partial charge >= 0.3 is 0 Å². The maximum atomic E-state index is 14.0. The van der Waals surface area contributed by atoms with E-state index in [0.29, 0.717) is 17.5 Å². The van der Waals surface area contributed by atoms with Gasteiger partial charge in [0.2, 0.25) is 5.91 Å². The number of anilines is 1. The predicted octanol–water partition coefficient (Wildman–Crippen LogP) is 4.90. The van der Waals surface area contributed by atoms with Crippen molar-refractivity contribution in [2.75, 3.05) is 4.90 Å². The molecule has 0 fully saturated rings. The maximum Gasteiger partial charge on any atom is 0.251 e. The van der Waals surface area contributed by atoms with Crippen LogP contribution in [0.2, 0.25) is 5.02 Å². The highest BCUT2D eigenvalue weighted by Gasteiger charge is 2.37. The monoisotopic (exact) mass is 497 g/mol. The van der Waals surface area contributed by atoms with Gasteiger partial charge in [-0.25, -0.2) is 9.07 Å². The van der Waals surface area contributed by atoms with E-state index in [2.05, 4.69) is 15.6 Å². The fraction of sp³-hybridized carbons (Fsp3) is 0.280. The molecule has 1 N–H and O–H groups in total. The summed E-state index contributed by atoms with van der Waals surface area (Å²) < 4.78 is 21.0. The fourth-order valence-corrected chi connectivity index (χ4v) is 3.80. The molecule has 35 heavy (non-hydrogen) atoms. The second-order valence-electron chi connectivity index (χ2n) is 8.74. The van der Waals surface area contributed by atoms with Crippen LogP contribution in [-0.4, -0.2) is 32.3 Å². The Morgan fingerprint density at radius 2 is 1.97 bits per heavy atom. The minimum absolute atomic E-state index is 0.181. The second kappa shape index (κ2) is 9.87. The standard InChI is InChI=1S/C25H25ClFN5O3/c1-4-25(2,3)28-24(34)23(21-10-7-13-35-21)32(16-11-12-18(27)17(26)14-16)22(33)15-31-20-9-6-5-8-19(20)29-30-31/h5-14,23H,4,15H2,1-3H3,(H,28,34)/t23-/m0/s1. The summed E-state index contributed by atoms with van der Waals surface area (Å²) in [7, 11) is 0. The van der Waals surface area contributed by atoms with E-state index in [4.69, 9.17) is 16.0 Å². The van der Waals surface area contributed by atoms with Gasteiger partial charge in [-0.3, -0.25) is 14.5 Å². The van der Waals surface area contributed by atoms with Crippen molar-refractivity contribution in [3.63, 3.8) is 0 Å². The molecule has 0 radical (unpaired) electrons. The Hall–Kier alpha value is -3.72. The van der Waals surface area contributed by atoms with Crippen LogP contribution in [0.15, 0.2) is 65.3 Å². The average Bonchev–Trinajstić information content (AvgIpc) is 3.49. The topological polar surface area (TPSA) is 93.3 Å². The van der Waals surface area contributed by atoms with E-state index in [1.807, 2.05) is 32.9 Å². The average molecular weight is 498 g/mol. The van der Waals surface area contributed by atoms with Gasteiger partial charge in [0.05, 0.1) is 16.8 Å². The Morgan fingerprint density at radius 3 is 2.66 bits per heavy atom. The predicted molar refractivity (Wildman–Crippen MR) is 130 cm³/mol. The number of amides is 2. The molecule has 8 nitrogen and oxygen atoms in total.